The van der Waals surface area contributed by atoms with Crippen LogP contribution in [0.25, 0.3) is 0 Å². The number of fused-ring (bicyclic) bond motifs is 1. The summed E-state index contributed by atoms with van der Waals surface area (Å²) >= 11 is 1.37. The lowest BCUT2D eigenvalue weighted by Crippen LogP contribution is -2.24. The van der Waals surface area contributed by atoms with Crippen molar-refractivity contribution in [3.63, 3.8) is 0 Å². The molecule has 1 atom stereocenters. The number of hydrogen-bond donors (Lipinski definition) is 1. The summed E-state index contributed by atoms with van der Waals surface area (Å²) in [7, 11) is 0. The van der Waals surface area contributed by atoms with Gasteiger partial charge in [-0.3, -0.25) is 0 Å². The maximum Gasteiger partial charge on any atom is 0.161 e. The van der Waals surface area contributed by atoms with Gasteiger partial charge in [-0.25, -0.2) is 0 Å². The van der Waals surface area contributed by atoms with E-state index in [1.54, 1.807) is 0 Å². The Morgan fingerprint density at radius 1 is 1.30 bits per heavy atom. The third kappa shape index (κ3) is 2.76. The van der Waals surface area contributed by atoms with E-state index in [1.807, 2.05) is 17.5 Å². The SMILES string of the molecule is CCCNC(c1ccc2c(c1)OCCO2)c1csnn1. The molecule has 106 valence electrons. The highest BCUT2D eigenvalue weighted by Crippen LogP contribution is 2.34. The van der Waals surface area contributed by atoms with Gasteiger partial charge in [0, 0.05) is 5.38 Å². The molecule has 1 aromatic heterocycles. The second kappa shape index (κ2) is 6.19. The number of hydrogen-bond acceptors (Lipinski definition) is 6. The highest BCUT2D eigenvalue weighted by molar-refractivity contribution is 7.03. The number of nitrogens with one attached hydrogen (secondary N) is 1. The quantitative estimate of drug-likeness (QED) is 0.916. The molecule has 0 saturated heterocycles. The smallest absolute Gasteiger partial charge is 0.161 e. The molecule has 0 spiro atoms. The van der Waals surface area contributed by atoms with E-state index in [9.17, 15) is 0 Å². The van der Waals surface area contributed by atoms with Gasteiger partial charge in [0.2, 0.25) is 0 Å². The van der Waals surface area contributed by atoms with Gasteiger partial charge < -0.3 is 14.8 Å². The molecule has 2 aromatic rings. The first-order valence-electron chi connectivity index (χ1n) is 6.78. The average Bonchev–Trinajstić information content (AvgIpc) is 3.02. The zero-order valence-corrected chi connectivity index (χ0v) is 12.2. The molecule has 20 heavy (non-hydrogen) atoms. The second-order valence-electron chi connectivity index (χ2n) is 4.62. The van der Waals surface area contributed by atoms with Gasteiger partial charge in [-0.05, 0) is 42.2 Å². The Kier molecular flexibility index (Phi) is 4.13. The lowest BCUT2D eigenvalue weighted by molar-refractivity contribution is 0.171. The summed E-state index contributed by atoms with van der Waals surface area (Å²) in [4.78, 5) is 0. The third-order valence-corrected chi connectivity index (χ3v) is 3.69. The van der Waals surface area contributed by atoms with Crippen LogP contribution >= 0.6 is 11.5 Å². The van der Waals surface area contributed by atoms with Crippen molar-refractivity contribution in [3.05, 3.63) is 34.8 Å². The van der Waals surface area contributed by atoms with Crippen molar-refractivity contribution in [2.24, 2.45) is 0 Å². The molecule has 1 aromatic carbocycles. The minimum atomic E-state index is 0.0459. The molecule has 6 heteroatoms. The number of nitrogens with zero attached hydrogens (tertiary/aromatic N) is 2. The zero-order chi connectivity index (χ0) is 13.8. The van der Waals surface area contributed by atoms with Gasteiger partial charge in [-0.1, -0.05) is 17.5 Å². The fraction of sp³-hybridized carbons (Fsp3) is 0.429. The summed E-state index contributed by atoms with van der Waals surface area (Å²) in [5.74, 6) is 1.62. The molecule has 0 bridgehead atoms. The van der Waals surface area contributed by atoms with Crippen LogP contribution in [0.4, 0.5) is 0 Å². The molecule has 0 amide bonds. The van der Waals surface area contributed by atoms with E-state index in [2.05, 4.69) is 27.9 Å². The molecule has 5 nitrogen and oxygen atoms in total. The summed E-state index contributed by atoms with van der Waals surface area (Å²) in [6.07, 6.45) is 1.07. The van der Waals surface area contributed by atoms with E-state index >= 15 is 0 Å². The van der Waals surface area contributed by atoms with Gasteiger partial charge in [-0.15, -0.1) is 5.10 Å². The van der Waals surface area contributed by atoms with E-state index in [0.717, 1.165) is 35.7 Å². The van der Waals surface area contributed by atoms with E-state index in [-0.39, 0.29) is 6.04 Å². The standard InChI is InChI=1S/C14H17N3O2S/c1-2-5-15-14(11-9-20-17-16-11)10-3-4-12-13(8-10)19-7-6-18-12/h3-4,8-9,14-15H,2,5-7H2,1H3. The molecule has 0 aliphatic carbocycles. The highest BCUT2D eigenvalue weighted by atomic mass is 32.1. The van der Waals surface area contributed by atoms with Gasteiger partial charge in [-0.2, -0.15) is 0 Å². The van der Waals surface area contributed by atoms with Crippen LogP contribution in [0.5, 0.6) is 11.5 Å². The molecule has 0 fully saturated rings. The van der Waals surface area contributed by atoms with Gasteiger partial charge in [0.05, 0.1) is 11.7 Å². The summed E-state index contributed by atoms with van der Waals surface area (Å²) in [5.41, 5.74) is 2.07. The van der Waals surface area contributed by atoms with Crippen LogP contribution in [0, 0.1) is 0 Å². The Hall–Kier alpha value is -1.66. The fourth-order valence-electron chi connectivity index (χ4n) is 2.22. The van der Waals surface area contributed by atoms with Crippen molar-refractivity contribution in [2.75, 3.05) is 19.8 Å². The van der Waals surface area contributed by atoms with E-state index < -0.39 is 0 Å². The monoisotopic (exact) mass is 291 g/mol. The van der Waals surface area contributed by atoms with Crippen LogP contribution in [0.3, 0.4) is 0 Å². The third-order valence-electron chi connectivity index (χ3n) is 3.17. The van der Waals surface area contributed by atoms with Gasteiger partial charge in [0.1, 0.15) is 13.2 Å². The molecule has 0 radical (unpaired) electrons. The van der Waals surface area contributed by atoms with Crippen LogP contribution in [0.2, 0.25) is 0 Å². The number of aromatic nitrogens is 2. The molecule has 1 unspecified atom stereocenters. The van der Waals surface area contributed by atoms with Crippen molar-refractivity contribution >= 4 is 11.5 Å². The highest BCUT2D eigenvalue weighted by Gasteiger charge is 2.19. The lowest BCUT2D eigenvalue weighted by Gasteiger charge is -2.22. The van der Waals surface area contributed by atoms with Crippen LogP contribution < -0.4 is 14.8 Å². The summed E-state index contributed by atoms with van der Waals surface area (Å²) < 4.78 is 15.2. The molecule has 1 N–H and O–H groups in total. The number of rotatable bonds is 5. The van der Waals surface area contributed by atoms with E-state index in [0.29, 0.717) is 13.2 Å². The first-order valence-corrected chi connectivity index (χ1v) is 7.62. The fourth-order valence-corrected chi connectivity index (χ4v) is 2.70. The number of benzene rings is 1. The Balaban J connectivity index is 1.90. The van der Waals surface area contributed by atoms with Crippen molar-refractivity contribution in [1.29, 1.82) is 0 Å². The van der Waals surface area contributed by atoms with Crippen molar-refractivity contribution < 1.29 is 9.47 Å². The first kappa shape index (κ1) is 13.3. The topological polar surface area (TPSA) is 56.3 Å². The van der Waals surface area contributed by atoms with Gasteiger partial charge in [0.25, 0.3) is 0 Å². The normalized spacial score (nSPS) is 15.1. The number of ether oxygens (including phenoxy) is 2. The van der Waals surface area contributed by atoms with Crippen LogP contribution in [-0.4, -0.2) is 29.3 Å². The van der Waals surface area contributed by atoms with Crippen LogP contribution in [0.15, 0.2) is 23.6 Å². The van der Waals surface area contributed by atoms with Crippen molar-refractivity contribution in [2.45, 2.75) is 19.4 Å². The Morgan fingerprint density at radius 3 is 2.90 bits per heavy atom. The minimum Gasteiger partial charge on any atom is -0.486 e. The molecular weight excluding hydrogens is 274 g/mol. The van der Waals surface area contributed by atoms with Gasteiger partial charge >= 0.3 is 0 Å². The summed E-state index contributed by atoms with van der Waals surface area (Å²) in [6.45, 7) is 4.28. The Morgan fingerprint density at radius 2 is 2.15 bits per heavy atom. The molecular formula is C14H17N3O2S. The summed E-state index contributed by atoms with van der Waals surface area (Å²) in [5, 5.41) is 9.67. The Labute approximate surface area is 122 Å². The first-order chi connectivity index (χ1) is 9.88. The van der Waals surface area contributed by atoms with Crippen molar-refractivity contribution in [3.8, 4) is 11.5 Å². The molecule has 1 aliphatic rings. The predicted molar refractivity (Wildman–Crippen MR) is 77.5 cm³/mol. The predicted octanol–water partition coefficient (Wildman–Crippen LogP) is 2.40. The molecule has 1 aliphatic heterocycles. The lowest BCUT2D eigenvalue weighted by atomic mass is 10.0. The zero-order valence-electron chi connectivity index (χ0n) is 11.3. The van der Waals surface area contributed by atoms with Gasteiger partial charge in [0.15, 0.2) is 11.5 Å². The van der Waals surface area contributed by atoms with Crippen LogP contribution in [0.1, 0.15) is 30.6 Å². The molecule has 3 rings (SSSR count). The maximum atomic E-state index is 5.65. The largest absolute Gasteiger partial charge is 0.486 e. The van der Waals surface area contributed by atoms with E-state index in [1.165, 1.54) is 11.5 Å². The van der Waals surface area contributed by atoms with Crippen molar-refractivity contribution in [1.82, 2.24) is 14.9 Å². The average molecular weight is 291 g/mol. The summed E-state index contributed by atoms with van der Waals surface area (Å²) in [6, 6.07) is 6.09. The van der Waals surface area contributed by atoms with Crippen LogP contribution in [-0.2, 0) is 0 Å². The molecule has 0 saturated carbocycles. The van der Waals surface area contributed by atoms with E-state index in [4.69, 9.17) is 9.47 Å². The second-order valence-corrected chi connectivity index (χ2v) is 5.23. The Bertz CT molecular complexity index is 560. The molecule has 2 heterocycles. The minimum absolute atomic E-state index is 0.0459. The maximum absolute atomic E-state index is 5.65.